The van der Waals surface area contributed by atoms with Crippen molar-refractivity contribution < 1.29 is 4.39 Å². The molecule has 1 heterocycles. The monoisotopic (exact) mass is 348 g/mol. The van der Waals surface area contributed by atoms with Crippen LogP contribution in [0.3, 0.4) is 0 Å². The maximum absolute atomic E-state index is 13.7. The number of rotatable bonds is 6. The van der Waals surface area contributed by atoms with Crippen LogP contribution in [0.2, 0.25) is 0 Å². The summed E-state index contributed by atoms with van der Waals surface area (Å²) in [5, 5.41) is 7.70. The van der Waals surface area contributed by atoms with Crippen LogP contribution >= 0.6 is 11.3 Å². The van der Waals surface area contributed by atoms with Gasteiger partial charge in [0.05, 0.1) is 11.0 Å². The van der Waals surface area contributed by atoms with Gasteiger partial charge in [0.15, 0.2) is 5.96 Å². The molecule has 2 rings (SSSR count). The van der Waals surface area contributed by atoms with Crippen LogP contribution in [-0.4, -0.2) is 24.5 Å². The van der Waals surface area contributed by atoms with Crippen molar-refractivity contribution in [3.8, 4) is 0 Å². The minimum Gasteiger partial charge on any atom is -0.356 e. The van der Waals surface area contributed by atoms with E-state index in [2.05, 4.69) is 27.5 Å². The standard InChI is InChI=1S/C18H25FN4S/c1-5-15-11-22-17(24-15)8-9-21-18(20-4)23-13(3)14-7-6-12(2)16(19)10-14/h6-7,10-11,13H,5,8-9H2,1-4H3,(H2,20,21,23). The summed E-state index contributed by atoms with van der Waals surface area (Å²) >= 11 is 1.75. The van der Waals surface area contributed by atoms with E-state index in [0.29, 0.717) is 11.5 Å². The third kappa shape index (κ3) is 5.03. The Kier molecular flexibility index (Phi) is 6.73. The molecule has 6 heteroatoms. The molecule has 0 saturated carbocycles. The van der Waals surface area contributed by atoms with Crippen molar-refractivity contribution in [3.05, 3.63) is 51.2 Å². The Morgan fingerprint density at radius 3 is 2.83 bits per heavy atom. The molecule has 0 aliphatic carbocycles. The lowest BCUT2D eigenvalue weighted by Crippen LogP contribution is -2.39. The van der Waals surface area contributed by atoms with E-state index in [1.54, 1.807) is 37.4 Å². The lowest BCUT2D eigenvalue weighted by Gasteiger charge is -2.18. The first kappa shape index (κ1) is 18.4. The highest BCUT2D eigenvalue weighted by Crippen LogP contribution is 2.16. The Morgan fingerprint density at radius 2 is 2.21 bits per heavy atom. The second-order valence-electron chi connectivity index (χ2n) is 5.70. The third-order valence-electron chi connectivity index (χ3n) is 3.85. The van der Waals surface area contributed by atoms with Crippen molar-refractivity contribution in [3.63, 3.8) is 0 Å². The molecular weight excluding hydrogens is 323 g/mol. The molecule has 2 aromatic rings. The largest absolute Gasteiger partial charge is 0.356 e. The van der Waals surface area contributed by atoms with Crippen molar-refractivity contribution >= 4 is 17.3 Å². The van der Waals surface area contributed by atoms with Gasteiger partial charge in [-0.15, -0.1) is 11.3 Å². The van der Waals surface area contributed by atoms with E-state index in [-0.39, 0.29) is 11.9 Å². The molecule has 1 aromatic carbocycles. The Balaban J connectivity index is 1.86. The summed E-state index contributed by atoms with van der Waals surface area (Å²) in [6.45, 7) is 6.65. The highest BCUT2D eigenvalue weighted by molar-refractivity contribution is 7.11. The molecule has 4 nitrogen and oxygen atoms in total. The highest BCUT2D eigenvalue weighted by Gasteiger charge is 2.10. The van der Waals surface area contributed by atoms with E-state index < -0.39 is 0 Å². The highest BCUT2D eigenvalue weighted by atomic mass is 32.1. The van der Waals surface area contributed by atoms with E-state index in [4.69, 9.17) is 0 Å². The summed E-state index contributed by atoms with van der Waals surface area (Å²) in [5.41, 5.74) is 1.55. The molecule has 0 saturated heterocycles. The van der Waals surface area contributed by atoms with E-state index in [0.717, 1.165) is 30.0 Å². The lowest BCUT2D eigenvalue weighted by atomic mass is 10.1. The van der Waals surface area contributed by atoms with Crippen LogP contribution in [0.4, 0.5) is 4.39 Å². The van der Waals surface area contributed by atoms with Crippen LogP contribution < -0.4 is 10.6 Å². The Labute approximate surface area is 147 Å². The summed E-state index contributed by atoms with van der Waals surface area (Å²) in [5.74, 6) is 0.523. The molecule has 24 heavy (non-hydrogen) atoms. The molecule has 0 amide bonds. The summed E-state index contributed by atoms with van der Waals surface area (Å²) in [4.78, 5) is 9.95. The first-order chi connectivity index (χ1) is 11.5. The van der Waals surface area contributed by atoms with Gasteiger partial charge in [-0.2, -0.15) is 0 Å². The fraction of sp³-hybridized carbons (Fsp3) is 0.444. The number of guanidine groups is 1. The summed E-state index contributed by atoms with van der Waals surface area (Å²) in [6.07, 6.45) is 3.83. The average Bonchev–Trinajstić information content (AvgIpc) is 3.04. The van der Waals surface area contributed by atoms with Crippen molar-refractivity contribution in [2.24, 2.45) is 4.99 Å². The number of benzene rings is 1. The number of aryl methyl sites for hydroxylation is 2. The second kappa shape index (κ2) is 8.78. The van der Waals surface area contributed by atoms with E-state index >= 15 is 0 Å². The van der Waals surface area contributed by atoms with Crippen LogP contribution in [0.15, 0.2) is 29.4 Å². The minimum atomic E-state index is -0.181. The Hall–Kier alpha value is -1.95. The first-order valence-electron chi connectivity index (χ1n) is 8.20. The number of hydrogen-bond acceptors (Lipinski definition) is 3. The minimum absolute atomic E-state index is 0.0298. The molecule has 0 spiro atoms. The van der Waals surface area contributed by atoms with Crippen LogP contribution in [-0.2, 0) is 12.8 Å². The zero-order valence-electron chi connectivity index (χ0n) is 14.7. The predicted octanol–water partition coefficient (Wildman–Crippen LogP) is 3.62. The molecular formula is C18H25FN4S. The number of nitrogens with one attached hydrogen (secondary N) is 2. The zero-order chi connectivity index (χ0) is 17.5. The van der Waals surface area contributed by atoms with Crippen molar-refractivity contribution in [2.45, 2.75) is 39.7 Å². The smallest absolute Gasteiger partial charge is 0.191 e. The van der Waals surface area contributed by atoms with Crippen molar-refractivity contribution in [1.82, 2.24) is 15.6 Å². The fourth-order valence-electron chi connectivity index (χ4n) is 2.28. The van der Waals surface area contributed by atoms with Gasteiger partial charge in [-0.1, -0.05) is 19.1 Å². The van der Waals surface area contributed by atoms with Gasteiger partial charge in [0, 0.05) is 31.1 Å². The molecule has 0 bridgehead atoms. The summed E-state index contributed by atoms with van der Waals surface area (Å²) in [6, 6.07) is 5.28. The lowest BCUT2D eigenvalue weighted by molar-refractivity contribution is 0.607. The Bertz CT molecular complexity index is 696. The van der Waals surface area contributed by atoms with Gasteiger partial charge in [-0.3, -0.25) is 4.99 Å². The molecule has 0 aliphatic rings. The molecule has 2 N–H and O–H groups in total. The first-order valence-corrected chi connectivity index (χ1v) is 9.02. The van der Waals surface area contributed by atoms with Crippen LogP contribution in [0.5, 0.6) is 0 Å². The van der Waals surface area contributed by atoms with Gasteiger partial charge in [0.2, 0.25) is 0 Å². The van der Waals surface area contributed by atoms with Crippen LogP contribution in [0.1, 0.15) is 40.9 Å². The van der Waals surface area contributed by atoms with Gasteiger partial charge < -0.3 is 10.6 Å². The summed E-state index contributed by atoms with van der Waals surface area (Å²) < 4.78 is 13.7. The second-order valence-corrected chi connectivity index (χ2v) is 6.90. The molecule has 1 unspecified atom stereocenters. The predicted molar refractivity (Wildman–Crippen MR) is 99.2 cm³/mol. The molecule has 0 aliphatic heterocycles. The number of aliphatic imine (C=N–C) groups is 1. The average molecular weight is 348 g/mol. The van der Waals surface area contributed by atoms with Gasteiger partial charge in [-0.05, 0) is 37.5 Å². The fourth-order valence-corrected chi connectivity index (χ4v) is 3.14. The van der Waals surface area contributed by atoms with Crippen LogP contribution in [0.25, 0.3) is 0 Å². The number of thiazole rings is 1. The van der Waals surface area contributed by atoms with Crippen LogP contribution in [0, 0.1) is 12.7 Å². The molecule has 1 atom stereocenters. The van der Waals surface area contributed by atoms with Gasteiger partial charge in [0.1, 0.15) is 5.82 Å². The molecule has 1 aromatic heterocycles. The molecule has 0 fully saturated rings. The molecule has 130 valence electrons. The van der Waals surface area contributed by atoms with Gasteiger partial charge >= 0.3 is 0 Å². The van der Waals surface area contributed by atoms with Crippen molar-refractivity contribution in [2.75, 3.05) is 13.6 Å². The zero-order valence-corrected chi connectivity index (χ0v) is 15.5. The normalized spacial score (nSPS) is 13.0. The number of hydrogen-bond donors (Lipinski definition) is 2. The van der Waals surface area contributed by atoms with E-state index in [9.17, 15) is 4.39 Å². The maximum atomic E-state index is 13.7. The Morgan fingerprint density at radius 1 is 1.42 bits per heavy atom. The molecule has 0 radical (unpaired) electrons. The third-order valence-corrected chi connectivity index (χ3v) is 5.06. The van der Waals surface area contributed by atoms with E-state index in [1.807, 2.05) is 19.2 Å². The topological polar surface area (TPSA) is 49.3 Å². The summed E-state index contributed by atoms with van der Waals surface area (Å²) in [7, 11) is 1.73. The van der Waals surface area contributed by atoms with Gasteiger partial charge in [0.25, 0.3) is 0 Å². The number of halogens is 1. The van der Waals surface area contributed by atoms with E-state index in [1.165, 1.54) is 4.88 Å². The van der Waals surface area contributed by atoms with Crippen molar-refractivity contribution in [1.29, 1.82) is 0 Å². The maximum Gasteiger partial charge on any atom is 0.191 e. The number of aromatic nitrogens is 1. The van der Waals surface area contributed by atoms with Gasteiger partial charge in [-0.25, -0.2) is 9.37 Å². The SMILES string of the molecule is CCc1cnc(CCNC(=NC)NC(C)c2ccc(C)c(F)c2)s1. The quantitative estimate of drug-likeness (QED) is 0.619. The number of nitrogens with zero attached hydrogens (tertiary/aromatic N) is 2.